The van der Waals surface area contributed by atoms with Crippen molar-refractivity contribution in [2.75, 3.05) is 19.6 Å². The molecule has 2 saturated heterocycles. The number of benzene rings is 2. The molecule has 0 bridgehead atoms. The van der Waals surface area contributed by atoms with Crippen LogP contribution in [0.3, 0.4) is 0 Å². The molecule has 0 aliphatic carbocycles. The van der Waals surface area contributed by atoms with Gasteiger partial charge in [-0.1, -0.05) is 42.5 Å². The second kappa shape index (κ2) is 8.04. The molecule has 5 rings (SSSR count). The van der Waals surface area contributed by atoms with Crippen molar-refractivity contribution in [3.8, 4) is 0 Å². The fourth-order valence-electron chi connectivity index (χ4n) is 5.29. The Morgan fingerprint density at radius 2 is 1.67 bits per heavy atom. The maximum Gasteiger partial charge on any atom is 0.254 e. The summed E-state index contributed by atoms with van der Waals surface area (Å²) in [6, 6.07) is 22.6. The second-order valence-electron chi connectivity index (χ2n) is 8.60. The fraction of sp³-hybridized carbons (Fsp3) is 0.308. The maximum absolute atomic E-state index is 13.5. The second-order valence-corrected chi connectivity index (χ2v) is 8.60. The number of aryl methyl sites for hydroxylation is 1. The Morgan fingerprint density at radius 1 is 0.933 bits per heavy atom. The molecule has 0 unspecified atom stereocenters. The Hall–Kier alpha value is -2.98. The van der Waals surface area contributed by atoms with Gasteiger partial charge in [0, 0.05) is 50.1 Å². The number of carbonyl (C=O) groups excluding carboxylic acids is 1. The molecule has 3 heterocycles. The molecule has 152 valence electrons. The van der Waals surface area contributed by atoms with Crippen molar-refractivity contribution in [1.82, 2.24) is 14.8 Å². The van der Waals surface area contributed by atoms with Gasteiger partial charge in [-0.2, -0.15) is 0 Å². The number of aromatic nitrogens is 1. The SMILES string of the molecule is Cc1ccccc1[C@@H]1[C@H]2CN(Cc3ccncc3)C[C@H]2CN1C(=O)c1ccccc1. The zero-order valence-corrected chi connectivity index (χ0v) is 17.3. The molecule has 0 radical (unpaired) electrons. The first-order valence-corrected chi connectivity index (χ1v) is 10.7. The first kappa shape index (κ1) is 19.0. The summed E-state index contributed by atoms with van der Waals surface area (Å²) in [5, 5.41) is 0. The number of amides is 1. The molecule has 2 aliphatic rings. The van der Waals surface area contributed by atoms with Gasteiger partial charge in [0.2, 0.25) is 0 Å². The zero-order valence-electron chi connectivity index (χ0n) is 17.3. The predicted molar refractivity (Wildman–Crippen MR) is 118 cm³/mol. The third-order valence-electron chi connectivity index (χ3n) is 6.68. The highest BCUT2D eigenvalue weighted by Gasteiger charge is 2.49. The molecular weight excluding hydrogens is 370 g/mol. The molecule has 4 heteroatoms. The van der Waals surface area contributed by atoms with Crippen LogP contribution in [0.15, 0.2) is 79.1 Å². The average molecular weight is 398 g/mol. The van der Waals surface area contributed by atoms with Gasteiger partial charge in [-0.15, -0.1) is 0 Å². The number of pyridine rings is 1. The van der Waals surface area contributed by atoms with Gasteiger partial charge in [-0.05, 0) is 53.8 Å². The largest absolute Gasteiger partial charge is 0.331 e. The monoisotopic (exact) mass is 397 g/mol. The van der Waals surface area contributed by atoms with Crippen molar-refractivity contribution in [2.24, 2.45) is 11.8 Å². The van der Waals surface area contributed by atoms with Gasteiger partial charge in [0.25, 0.3) is 5.91 Å². The molecule has 2 aromatic carbocycles. The number of nitrogens with zero attached hydrogens (tertiary/aromatic N) is 3. The number of fused-ring (bicyclic) bond motifs is 1. The minimum atomic E-state index is 0.131. The van der Waals surface area contributed by atoms with E-state index in [0.717, 1.165) is 31.7 Å². The Labute approximate surface area is 178 Å². The van der Waals surface area contributed by atoms with Crippen LogP contribution >= 0.6 is 0 Å². The Balaban J connectivity index is 1.44. The molecule has 0 saturated carbocycles. The molecule has 4 nitrogen and oxygen atoms in total. The summed E-state index contributed by atoms with van der Waals surface area (Å²) in [7, 11) is 0. The lowest BCUT2D eigenvalue weighted by Gasteiger charge is -2.31. The van der Waals surface area contributed by atoms with E-state index < -0.39 is 0 Å². The van der Waals surface area contributed by atoms with Gasteiger partial charge < -0.3 is 4.90 Å². The fourth-order valence-corrected chi connectivity index (χ4v) is 5.29. The van der Waals surface area contributed by atoms with Gasteiger partial charge in [0.05, 0.1) is 6.04 Å². The van der Waals surface area contributed by atoms with E-state index in [-0.39, 0.29) is 11.9 Å². The normalized spacial score (nSPS) is 23.5. The molecule has 2 aliphatic heterocycles. The van der Waals surface area contributed by atoms with Gasteiger partial charge in [-0.3, -0.25) is 14.7 Å². The zero-order chi connectivity index (χ0) is 20.5. The first-order valence-electron chi connectivity index (χ1n) is 10.7. The van der Waals surface area contributed by atoms with Crippen LogP contribution in [0.5, 0.6) is 0 Å². The number of hydrogen-bond acceptors (Lipinski definition) is 3. The third kappa shape index (κ3) is 3.52. The summed E-state index contributed by atoms with van der Waals surface area (Å²) in [6.45, 7) is 5.99. The van der Waals surface area contributed by atoms with Crippen LogP contribution in [0, 0.1) is 18.8 Å². The smallest absolute Gasteiger partial charge is 0.254 e. The van der Waals surface area contributed by atoms with Crippen molar-refractivity contribution in [2.45, 2.75) is 19.5 Å². The molecule has 2 fully saturated rings. The summed E-state index contributed by atoms with van der Waals surface area (Å²) in [6.07, 6.45) is 3.73. The van der Waals surface area contributed by atoms with Crippen LogP contribution in [0.2, 0.25) is 0 Å². The highest BCUT2D eigenvalue weighted by Crippen LogP contribution is 2.46. The van der Waals surface area contributed by atoms with E-state index in [1.807, 2.05) is 42.7 Å². The first-order chi connectivity index (χ1) is 14.7. The molecule has 3 aromatic rings. The van der Waals surface area contributed by atoms with Crippen molar-refractivity contribution >= 4 is 5.91 Å². The summed E-state index contributed by atoms with van der Waals surface area (Å²) < 4.78 is 0. The lowest BCUT2D eigenvalue weighted by molar-refractivity contribution is 0.0699. The Morgan fingerprint density at radius 3 is 2.43 bits per heavy atom. The Bertz CT molecular complexity index is 1020. The number of rotatable bonds is 4. The number of hydrogen-bond donors (Lipinski definition) is 0. The lowest BCUT2D eigenvalue weighted by atomic mass is 9.87. The molecule has 1 aromatic heterocycles. The molecular formula is C26H27N3O. The van der Waals surface area contributed by atoms with Gasteiger partial charge in [0.1, 0.15) is 0 Å². The average Bonchev–Trinajstić information content (AvgIpc) is 3.32. The van der Waals surface area contributed by atoms with Crippen molar-refractivity contribution in [3.63, 3.8) is 0 Å². The summed E-state index contributed by atoms with van der Waals surface area (Å²) >= 11 is 0. The molecule has 0 spiro atoms. The lowest BCUT2D eigenvalue weighted by Crippen LogP contribution is -2.36. The van der Waals surface area contributed by atoms with E-state index in [1.54, 1.807) is 0 Å². The van der Waals surface area contributed by atoms with Crippen LogP contribution in [0.4, 0.5) is 0 Å². The van der Waals surface area contributed by atoms with Crippen LogP contribution < -0.4 is 0 Å². The quantitative estimate of drug-likeness (QED) is 0.657. The van der Waals surface area contributed by atoms with Gasteiger partial charge in [-0.25, -0.2) is 0 Å². The van der Waals surface area contributed by atoms with E-state index in [9.17, 15) is 4.79 Å². The molecule has 30 heavy (non-hydrogen) atoms. The highest BCUT2D eigenvalue weighted by atomic mass is 16.2. The summed E-state index contributed by atoms with van der Waals surface area (Å²) in [5.74, 6) is 1.11. The van der Waals surface area contributed by atoms with E-state index in [2.05, 4.69) is 58.1 Å². The van der Waals surface area contributed by atoms with Crippen molar-refractivity contribution in [3.05, 3.63) is 101 Å². The number of carbonyl (C=O) groups is 1. The Kier molecular flexibility index (Phi) is 5.09. The minimum Gasteiger partial charge on any atom is -0.331 e. The van der Waals surface area contributed by atoms with Crippen molar-refractivity contribution in [1.29, 1.82) is 0 Å². The van der Waals surface area contributed by atoms with Gasteiger partial charge in [0.15, 0.2) is 0 Å². The summed E-state index contributed by atoms with van der Waals surface area (Å²) in [5.41, 5.74) is 4.64. The van der Waals surface area contributed by atoms with E-state index in [1.165, 1.54) is 16.7 Å². The van der Waals surface area contributed by atoms with Crippen LogP contribution in [-0.4, -0.2) is 40.3 Å². The molecule has 0 N–H and O–H groups in total. The predicted octanol–water partition coefficient (Wildman–Crippen LogP) is 4.34. The maximum atomic E-state index is 13.5. The third-order valence-corrected chi connectivity index (χ3v) is 6.68. The minimum absolute atomic E-state index is 0.131. The number of likely N-dealkylation sites (tertiary alicyclic amines) is 2. The van der Waals surface area contributed by atoms with Crippen LogP contribution in [-0.2, 0) is 6.54 Å². The topological polar surface area (TPSA) is 36.4 Å². The summed E-state index contributed by atoms with van der Waals surface area (Å²) in [4.78, 5) is 22.3. The highest BCUT2D eigenvalue weighted by molar-refractivity contribution is 5.94. The molecule has 3 atom stereocenters. The van der Waals surface area contributed by atoms with Crippen LogP contribution in [0.25, 0.3) is 0 Å². The van der Waals surface area contributed by atoms with E-state index in [4.69, 9.17) is 0 Å². The van der Waals surface area contributed by atoms with E-state index in [0.29, 0.717) is 11.8 Å². The van der Waals surface area contributed by atoms with Crippen molar-refractivity contribution < 1.29 is 4.79 Å². The molecule has 1 amide bonds. The van der Waals surface area contributed by atoms with E-state index >= 15 is 0 Å². The standard InChI is InChI=1S/C26H27N3O/c1-19-7-5-6-10-23(19)25-24-18-28(15-20-11-13-27-14-12-20)16-22(24)17-29(25)26(30)21-8-3-2-4-9-21/h2-14,22,24-25H,15-18H2,1H3/t22-,24-,25+/m0/s1. The van der Waals surface area contributed by atoms with Crippen LogP contribution in [0.1, 0.15) is 33.1 Å². The van der Waals surface area contributed by atoms with Gasteiger partial charge >= 0.3 is 0 Å².